The van der Waals surface area contributed by atoms with Gasteiger partial charge >= 0.3 is 11.7 Å². The number of carbonyl (C=O) groups excluding carboxylic acids is 2. The van der Waals surface area contributed by atoms with Gasteiger partial charge in [0, 0.05) is 46.2 Å². The summed E-state index contributed by atoms with van der Waals surface area (Å²) in [5.41, 5.74) is 1.39. The van der Waals surface area contributed by atoms with Gasteiger partial charge in [-0.2, -0.15) is 0 Å². The molecule has 0 unspecified atom stereocenters. The van der Waals surface area contributed by atoms with E-state index in [1.807, 2.05) is 31.4 Å². The molecule has 11 heteroatoms. The Morgan fingerprint density at radius 1 is 1.28 bits per heavy atom. The summed E-state index contributed by atoms with van der Waals surface area (Å²) in [6, 6.07) is 6.59. The molecule has 0 bridgehead atoms. The van der Waals surface area contributed by atoms with E-state index in [1.165, 1.54) is 12.1 Å². The number of esters is 1. The van der Waals surface area contributed by atoms with Crippen LogP contribution in [0.3, 0.4) is 0 Å². The van der Waals surface area contributed by atoms with Crippen molar-refractivity contribution >= 4 is 28.8 Å². The van der Waals surface area contributed by atoms with Crippen molar-refractivity contribution in [2.75, 3.05) is 19.8 Å². The second-order valence-electron chi connectivity index (χ2n) is 9.67. The number of benzene rings is 1. The maximum Gasteiger partial charge on any atom is 0.336 e. The lowest BCUT2D eigenvalue weighted by Gasteiger charge is -2.36. The molecule has 0 saturated carbocycles. The lowest BCUT2D eigenvalue weighted by atomic mass is 9.72. The van der Waals surface area contributed by atoms with Crippen molar-refractivity contribution in [1.82, 2.24) is 5.32 Å². The van der Waals surface area contributed by atoms with Crippen molar-refractivity contribution < 1.29 is 33.8 Å². The van der Waals surface area contributed by atoms with Crippen LogP contribution in [-0.4, -0.2) is 47.7 Å². The Kier molecular flexibility index (Phi) is 8.71. The van der Waals surface area contributed by atoms with E-state index in [0.29, 0.717) is 23.4 Å². The fourth-order valence-electron chi connectivity index (χ4n) is 5.05. The first-order valence-corrected chi connectivity index (χ1v) is 13.7. The average molecular weight is 557 g/mol. The standard InChI is InChI=1S/C28H32N2O8S/c1-5-36-22-14-18(12-20(27(22)32)30(34)35)25-24(28(33)38-9-8-37-15(2)3)16(4)29-19-11-17(13-21(31)26(19)25)23-7-6-10-39-23/h6-7,10,12,14-15,17,25,29,32H,5,8-9,11,13H2,1-4H3/t17-,25+/m0/s1. The number of rotatable bonds is 10. The third-order valence-electron chi connectivity index (χ3n) is 6.67. The number of phenols is 1. The summed E-state index contributed by atoms with van der Waals surface area (Å²) < 4.78 is 16.5. The largest absolute Gasteiger partial charge is 0.500 e. The molecule has 1 aromatic carbocycles. The first kappa shape index (κ1) is 28.3. The highest BCUT2D eigenvalue weighted by molar-refractivity contribution is 7.10. The SMILES string of the molecule is CCOc1cc([C@@H]2C(C(=O)OCCOC(C)C)=C(C)NC3=C2C(=O)C[C@@H](c2cccs2)C3)cc([N+](=O)[O-])c1O. The quantitative estimate of drug-likeness (QED) is 0.177. The van der Waals surface area contributed by atoms with Gasteiger partial charge < -0.3 is 24.6 Å². The van der Waals surface area contributed by atoms with Crippen molar-refractivity contribution in [3.05, 3.63) is 72.7 Å². The van der Waals surface area contributed by atoms with E-state index in [9.17, 15) is 24.8 Å². The second kappa shape index (κ2) is 12.0. The zero-order chi connectivity index (χ0) is 28.3. The molecule has 1 aliphatic carbocycles. The Labute approximate surface area is 230 Å². The van der Waals surface area contributed by atoms with E-state index in [-0.39, 0.29) is 60.9 Å². The number of phenolic OH excluding ortho intramolecular Hbond substituents is 1. The van der Waals surface area contributed by atoms with Gasteiger partial charge in [-0.3, -0.25) is 14.9 Å². The Bertz CT molecular complexity index is 1330. The predicted octanol–water partition coefficient (Wildman–Crippen LogP) is 5.09. The summed E-state index contributed by atoms with van der Waals surface area (Å²) in [5.74, 6) is -2.51. The number of ketones is 1. The number of aromatic hydroxyl groups is 1. The number of hydrogen-bond donors (Lipinski definition) is 2. The third kappa shape index (κ3) is 5.99. The van der Waals surface area contributed by atoms with E-state index in [1.54, 1.807) is 25.2 Å². The molecule has 0 spiro atoms. The lowest BCUT2D eigenvalue weighted by Crippen LogP contribution is -2.36. The number of nitrogens with zero attached hydrogens (tertiary/aromatic N) is 1. The van der Waals surface area contributed by atoms with Crippen LogP contribution in [0.5, 0.6) is 11.5 Å². The van der Waals surface area contributed by atoms with Gasteiger partial charge in [0.1, 0.15) is 6.61 Å². The minimum absolute atomic E-state index is 0.000732. The molecule has 2 N–H and O–H groups in total. The second-order valence-corrected chi connectivity index (χ2v) is 10.6. The summed E-state index contributed by atoms with van der Waals surface area (Å²) in [6.07, 6.45) is 0.741. The Morgan fingerprint density at radius 2 is 2.05 bits per heavy atom. The molecule has 2 aromatic rings. The van der Waals surface area contributed by atoms with Crippen molar-refractivity contribution in [2.45, 2.75) is 58.5 Å². The first-order valence-electron chi connectivity index (χ1n) is 12.8. The Hall–Kier alpha value is -3.70. The maximum atomic E-state index is 13.7. The number of Topliss-reactive ketones (excluding diaryl/α,β-unsaturated/α-hetero) is 1. The summed E-state index contributed by atoms with van der Waals surface area (Å²) in [6.45, 7) is 7.49. The summed E-state index contributed by atoms with van der Waals surface area (Å²) >= 11 is 1.58. The number of dihydropyridines is 1. The van der Waals surface area contributed by atoms with Crippen LogP contribution in [0, 0.1) is 10.1 Å². The van der Waals surface area contributed by atoms with E-state index >= 15 is 0 Å². The molecule has 2 atom stereocenters. The normalized spacial score (nSPS) is 19.2. The third-order valence-corrected chi connectivity index (χ3v) is 7.70. The monoisotopic (exact) mass is 556 g/mol. The van der Waals surface area contributed by atoms with Gasteiger partial charge in [0.15, 0.2) is 11.5 Å². The van der Waals surface area contributed by atoms with Gasteiger partial charge in [0.05, 0.1) is 29.8 Å². The number of nitro groups is 1. The van der Waals surface area contributed by atoms with Crippen LogP contribution in [-0.2, 0) is 19.1 Å². The van der Waals surface area contributed by atoms with Gasteiger partial charge in [0.25, 0.3) is 0 Å². The molecule has 2 aliphatic rings. The van der Waals surface area contributed by atoms with Crippen LogP contribution in [0.2, 0.25) is 0 Å². The number of hydrogen-bond acceptors (Lipinski definition) is 10. The molecular formula is C28H32N2O8S. The summed E-state index contributed by atoms with van der Waals surface area (Å²) in [4.78, 5) is 39.4. The zero-order valence-corrected chi connectivity index (χ0v) is 23.1. The number of nitro benzene ring substituents is 1. The molecule has 39 heavy (non-hydrogen) atoms. The van der Waals surface area contributed by atoms with E-state index in [2.05, 4.69) is 5.32 Å². The molecule has 2 heterocycles. The highest BCUT2D eigenvalue weighted by Crippen LogP contribution is 2.49. The van der Waals surface area contributed by atoms with Crippen LogP contribution >= 0.6 is 11.3 Å². The van der Waals surface area contributed by atoms with Crippen molar-refractivity contribution in [2.24, 2.45) is 0 Å². The molecular weight excluding hydrogens is 524 g/mol. The van der Waals surface area contributed by atoms with Gasteiger partial charge in [-0.15, -0.1) is 11.3 Å². The molecule has 4 rings (SSSR count). The number of allylic oxidation sites excluding steroid dienone is 3. The molecule has 208 valence electrons. The van der Waals surface area contributed by atoms with Gasteiger partial charge in [0.2, 0.25) is 5.75 Å². The highest BCUT2D eigenvalue weighted by Gasteiger charge is 2.42. The molecule has 10 nitrogen and oxygen atoms in total. The average Bonchev–Trinajstić information content (AvgIpc) is 3.42. The molecule has 1 aliphatic heterocycles. The van der Waals surface area contributed by atoms with Crippen LogP contribution in [0.15, 0.2) is 52.2 Å². The van der Waals surface area contributed by atoms with Crippen LogP contribution in [0.1, 0.15) is 62.8 Å². The van der Waals surface area contributed by atoms with Crippen molar-refractivity contribution in [3.63, 3.8) is 0 Å². The lowest BCUT2D eigenvalue weighted by molar-refractivity contribution is -0.386. The zero-order valence-electron chi connectivity index (χ0n) is 22.3. The van der Waals surface area contributed by atoms with Gasteiger partial charge in [-0.1, -0.05) is 6.07 Å². The van der Waals surface area contributed by atoms with Gasteiger partial charge in [-0.25, -0.2) is 4.79 Å². The smallest absolute Gasteiger partial charge is 0.336 e. The fraction of sp³-hybridized carbons (Fsp3) is 0.429. The molecule has 0 amide bonds. The van der Waals surface area contributed by atoms with Crippen LogP contribution < -0.4 is 10.1 Å². The Morgan fingerprint density at radius 3 is 2.69 bits per heavy atom. The van der Waals surface area contributed by atoms with Crippen molar-refractivity contribution in [1.29, 1.82) is 0 Å². The topological polar surface area (TPSA) is 137 Å². The molecule has 1 aromatic heterocycles. The van der Waals surface area contributed by atoms with E-state index in [4.69, 9.17) is 14.2 Å². The van der Waals surface area contributed by atoms with E-state index < -0.39 is 28.2 Å². The van der Waals surface area contributed by atoms with Crippen molar-refractivity contribution in [3.8, 4) is 11.5 Å². The first-order chi connectivity index (χ1) is 18.6. The Balaban J connectivity index is 1.81. The number of nitrogens with one attached hydrogen (secondary N) is 1. The number of ether oxygens (including phenoxy) is 3. The summed E-state index contributed by atoms with van der Waals surface area (Å²) in [7, 11) is 0. The molecule has 0 saturated heterocycles. The van der Waals surface area contributed by atoms with Crippen LogP contribution in [0.25, 0.3) is 0 Å². The van der Waals surface area contributed by atoms with Crippen LogP contribution in [0.4, 0.5) is 5.69 Å². The molecule has 0 fully saturated rings. The summed E-state index contributed by atoms with van der Waals surface area (Å²) in [5, 5.41) is 27.5. The minimum atomic E-state index is -0.949. The fourth-order valence-corrected chi connectivity index (χ4v) is 5.88. The van der Waals surface area contributed by atoms with E-state index in [0.717, 1.165) is 4.88 Å². The minimum Gasteiger partial charge on any atom is -0.500 e. The van der Waals surface area contributed by atoms with Gasteiger partial charge in [-0.05, 0) is 57.2 Å². The maximum absolute atomic E-state index is 13.7. The molecule has 0 radical (unpaired) electrons. The predicted molar refractivity (Wildman–Crippen MR) is 145 cm³/mol. The highest BCUT2D eigenvalue weighted by atomic mass is 32.1. The number of thiophene rings is 1. The number of carbonyl (C=O) groups is 2.